The number of benzene rings is 2. The molecular weight excluding hydrogens is 488 g/mol. The van der Waals surface area contributed by atoms with Crippen LogP contribution in [0.4, 0.5) is 0 Å². The van der Waals surface area contributed by atoms with Crippen molar-refractivity contribution in [2.45, 2.75) is 6.54 Å². The Morgan fingerprint density at radius 1 is 0.868 bits per heavy atom. The second-order valence-corrected chi connectivity index (χ2v) is 9.31. The number of guanidine groups is 1. The summed E-state index contributed by atoms with van der Waals surface area (Å²) in [7, 11) is 0. The number of rotatable bonds is 7. The number of amides is 1. The zero-order chi connectivity index (χ0) is 27.4. The van der Waals surface area contributed by atoms with E-state index >= 15 is 0 Å². The maximum absolute atomic E-state index is 13.9. The number of nitrogens with zero attached hydrogens (tertiary/aromatic N) is 3. The van der Waals surface area contributed by atoms with Crippen molar-refractivity contribution >= 4 is 29.5 Å². The summed E-state index contributed by atoms with van der Waals surface area (Å²) in [5.74, 6) is -2.93. The van der Waals surface area contributed by atoms with Crippen LogP contribution in [-0.2, 0) is 6.54 Å². The molecule has 2 aromatic carbocycles. The normalized spacial score (nSPS) is 16.2. The van der Waals surface area contributed by atoms with Crippen LogP contribution >= 0.6 is 0 Å². The Labute approximate surface area is 220 Å². The number of piperazine rings is 2. The average Bonchev–Trinajstić information content (AvgIpc) is 2.92. The lowest BCUT2D eigenvalue weighted by atomic mass is 9.85. The van der Waals surface area contributed by atoms with Gasteiger partial charge in [0.2, 0.25) is 0 Å². The number of carboxylic acid groups (broad SMARTS) is 1. The molecule has 12 nitrogen and oxygen atoms in total. The van der Waals surface area contributed by atoms with Gasteiger partial charge in [-0.3, -0.25) is 25.3 Å². The maximum Gasteiger partial charge on any atom is 0.336 e. The van der Waals surface area contributed by atoms with Crippen LogP contribution < -0.4 is 16.8 Å². The molecule has 1 amide bonds. The highest BCUT2D eigenvalue weighted by molar-refractivity contribution is 6.23. The fraction of sp³-hybridized carbons (Fsp3) is 0.346. The van der Waals surface area contributed by atoms with E-state index in [9.17, 15) is 19.5 Å². The molecule has 0 saturated carbocycles. The Morgan fingerprint density at radius 3 is 2.05 bits per heavy atom. The first-order valence-electron chi connectivity index (χ1n) is 12.4. The Hall–Kier alpha value is -4.29. The molecule has 2 saturated heterocycles. The quantitative estimate of drug-likeness (QED) is 0.165. The lowest BCUT2D eigenvalue weighted by molar-refractivity contribution is 0.0668. The van der Waals surface area contributed by atoms with Gasteiger partial charge in [-0.1, -0.05) is 30.3 Å². The third kappa shape index (κ3) is 5.50. The SMILES string of the molecule is N=C(N)c1c(CN2CCN(C(=N)N)CC2)cc(C(=O)O)c(C(=O)N2CCNCC2)c1C(=O)c1ccccc1. The molecule has 0 spiro atoms. The molecular formula is C26H32N8O4. The highest BCUT2D eigenvalue weighted by Gasteiger charge is 2.34. The van der Waals surface area contributed by atoms with Gasteiger partial charge in [0, 0.05) is 75.6 Å². The van der Waals surface area contributed by atoms with Gasteiger partial charge in [0.15, 0.2) is 11.7 Å². The van der Waals surface area contributed by atoms with Crippen LogP contribution in [0.25, 0.3) is 0 Å². The standard InChI is InChI=1S/C26H32N8O4/c27-23(28)19-17(15-32-10-12-34(13-11-32)26(29)30)14-18(25(37)38)20(24(36)33-8-6-31-7-9-33)21(19)22(35)16-4-2-1-3-5-16/h1-5,14,31H,6-13,15H2,(H3,27,28)(H3,29,30)(H,37,38). The molecule has 200 valence electrons. The first-order chi connectivity index (χ1) is 18.2. The van der Waals surface area contributed by atoms with Crippen molar-refractivity contribution in [2.24, 2.45) is 11.5 Å². The highest BCUT2D eigenvalue weighted by atomic mass is 16.4. The van der Waals surface area contributed by atoms with Crippen molar-refractivity contribution in [3.63, 3.8) is 0 Å². The molecule has 0 bridgehead atoms. The molecule has 0 radical (unpaired) electrons. The third-order valence-corrected chi connectivity index (χ3v) is 6.90. The Kier molecular flexibility index (Phi) is 8.03. The first-order valence-corrected chi connectivity index (χ1v) is 12.4. The van der Waals surface area contributed by atoms with Crippen molar-refractivity contribution in [3.05, 3.63) is 69.8 Å². The number of amidine groups is 1. The summed E-state index contributed by atoms with van der Waals surface area (Å²) in [6.07, 6.45) is 0. The molecule has 0 aliphatic carbocycles. The number of carboxylic acids is 1. The molecule has 0 atom stereocenters. The first kappa shape index (κ1) is 26.8. The van der Waals surface area contributed by atoms with E-state index in [1.54, 1.807) is 35.2 Å². The average molecular weight is 521 g/mol. The highest BCUT2D eigenvalue weighted by Crippen LogP contribution is 2.29. The van der Waals surface area contributed by atoms with Crippen molar-refractivity contribution in [1.82, 2.24) is 20.0 Å². The minimum Gasteiger partial charge on any atom is -0.478 e. The van der Waals surface area contributed by atoms with Crippen molar-refractivity contribution in [2.75, 3.05) is 52.4 Å². The fourth-order valence-corrected chi connectivity index (χ4v) is 4.94. The van der Waals surface area contributed by atoms with Gasteiger partial charge in [-0.15, -0.1) is 0 Å². The number of nitrogen functional groups attached to an aromatic ring is 1. The summed E-state index contributed by atoms with van der Waals surface area (Å²) in [6, 6.07) is 9.63. The molecule has 2 fully saturated rings. The molecule has 0 unspecified atom stereocenters. The van der Waals surface area contributed by atoms with Crippen molar-refractivity contribution in [1.29, 1.82) is 10.8 Å². The maximum atomic E-state index is 13.9. The van der Waals surface area contributed by atoms with Gasteiger partial charge in [-0.25, -0.2) is 4.79 Å². The number of aromatic carboxylic acids is 1. The van der Waals surface area contributed by atoms with Crippen molar-refractivity contribution in [3.8, 4) is 0 Å². The summed E-state index contributed by atoms with van der Waals surface area (Å²) in [5, 5.41) is 29.4. The molecule has 12 heteroatoms. The van der Waals surface area contributed by atoms with Crippen molar-refractivity contribution < 1.29 is 19.5 Å². The number of nitrogens with one attached hydrogen (secondary N) is 3. The summed E-state index contributed by atoms with van der Waals surface area (Å²) in [6.45, 7) is 4.07. The smallest absolute Gasteiger partial charge is 0.336 e. The largest absolute Gasteiger partial charge is 0.478 e. The molecule has 2 heterocycles. The van der Waals surface area contributed by atoms with E-state index in [1.807, 2.05) is 4.90 Å². The molecule has 0 aromatic heterocycles. The molecule has 4 rings (SSSR count). The van der Waals surface area contributed by atoms with Gasteiger partial charge >= 0.3 is 5.97 Å². The van der Waals surface area contributed by atoms with E-state index in [-0.39, 0.29) is 40.3 Å². The minimum atomic E-state index is -1.34. The zero-order valence-corrected chi connectivity index (χ0v) is 21.0. The number of ketones is 1. The monoisotopic (exact) mass is 520 g/mol. The predicted molar refractivity (Wildman–Crippen MR) is 142 cm³/mol. The minimum absolute atomic E-state index is 0.0197. The number of carbonyl (C=O) groups is 3. The van der Waals surface area contributed by atoms with Gasteiger partial charge in [0.1, 0.15) is 5.84 Å². The van der Waals surface area contributed by atoms with Crippen LogP contribution in [0.2, 0.25) is 0 Å². The second-order valence-electron chi connectivity index (χ2n) is 9.31. The topological polar surface area (TPSA) is 193 Å². The van der Waals surface area contributed by atoms with Crippen LogP contribution in [0.15, 0.2) is 36.4 Å². The van der Waals surface area contributed by atoms with Crippen LogP contribution in [-0.4, -0.2) is 102 Å². The lowest BCUT2D eigenvalue weighted by Gasteiger charge is -2.35. The molecule has 2 aliphatic heterocycles. The Morgan fingerprint density at radius 2 is 1.50 bits per heavy atom. The molecule has 2 aromatic rings. The van der Waals surface area contributed by atoms with Gasteiger partial charge in [-0.2, -0.15) is 0 Å². The van der Waals surface area contributed by atoms with Crippen LogP contribution in [0.5, 0.6) is 0 Å². The molecule has 2 aliphatic rings. The lowest BCUT2D eigenvalue weighted by Crippen LogP contribution is -2.50. The van der Waals surface area contributed by atoms with Crippen LogP contribution in [0.1, 0.15) is 47.8 Å². The van der Waals surface area contributed by atoms with E-state index in [0.29, 0.717) is 57.9 Å². The van der Waals surface area contributed by atoms with Gasteiger partial charge in [-0.05, 0) is 11.6 Å². The summed E-state index contributed by atoms with van der Waals surface area (Å²) >= 11 is 0. The number of hydrogen-bond donors (Lipinski definition) is 6. The van der Waals surface area contributed by atoms with E-state index in [0.717, 1.165) is 0 Å². The summed E-state index contributed by atoms with van der Waals surface area (Å²) < 4.78 is 0. The van der Waals surface area contributed by atoms with Gasteiger partial charge < -0.3 is 31.7 Å². The van der Waals surface area contributed by atoms with E-state index in [4.69, 9.17) is 22.3 Å². The van der Waals surface area contributed by atoms with E-state index in [1.165, 1.54) is 11.0 Å². The Balaban J connectivity index is 1.88. The van der Waals surface area contributed by atoms with Crippen LogP contribution in [0, 0.1) is 10.8 Å². The van der Waals surface area contributed by atoms with E-state index < -0.39 is 23.5 Å². The van der Waals surface area contributed by atoms with Gasteiger partial charge in [0.25, 0.3) is 5.91 Å². The second kappa shape index (κ2) is 11.4. The predicted octanol–water partition coefficient (Wildman–Crippen LogP) is -0.0437. The fourth-order valence-electron chi connectivity index (χ4n) is 4.94. The van der Waals surface area contributed by atoms with E-state index in [2.05, 4.69) is 5.32 Å². The van der Waals surface area contributed by atoms with Crippen LogP contribution in [0.3, 0.4) is 0 Å². The summed E-state index contributed by atoms with van der Waals surface area (Å²) in [5.41, 5.74) is 11.6. The van der Waals surface area contributed by atoms with Gasteiger partial charge in [0.05, 0.1) is 11.1 Å². The Bertz CT molecular complexity index is 1270. The number of carbonyl (C=O) groups excluding carboxylic acids is 2. The number of nitrogens with two attached hydrogens (primary N) is 2. The molecule has 8 N–H and O–H groups in total. The number of hydrogen-bond acceptors (Lipinski definition) is 7. The summed E-state index contributed by atoms with van der Waals surface area (Å²) in [4.78, 5) is 45.5. The zero-order valence-electron chi connectivity index (χ0n) is 21.0. The third-order valence-electron chi connectivity index (χ3n) is 6.90. The molecule has 38 heavy (non-hydrogen) atoms.